The van der Waals surface area contributed by atoms with Crippen LogP contribution in [0.15, 0.2) is 89.9 Å². The molecule has 168 valence electrons. The number of halogens is 1. The molecule has 7 heteroatoms. The molecule has 0 aliphatic carbocycles. The van der Waals surface area contributed by atoms with Crippen molar-refractivity contribution in [2.75, 3.05) is 6.54 Å². The Morgan fingerprint density at radius 2 is 1.61 bits per heavy atom. The number of carbonyl (C=O) groups excluding carboxylic acids is 2. The summed E-state index contributed by atoms with van der Waals surface area (Å²) in [6.07, 6.45) is 0.866. The van der Waals surface area contributed by atoms with Gasteiger partial charge >= 0.3 is 0 Å². The minimum atomic E-state index is -0.503. The predicted octanol–water partition coefficient (Wildman–Crippen LogP) is 5.22. The van der Waals surface area contributed by atoms with E-state index in [1.807, 2.05) is 72.8 Å². The molecule has 1 fully saturated rings. The highest BCUT2D eigenvalue weighted by atomic mass is 35.5. The van der Waals surface area contributed by atoms with Gasteiger partial charge in [-0.25, -0.2) is 4.99 Å². The molecule has 0 aromatic heterocycles. The molecule has 5 nitrogen and oxygen atoms in total. The van der Waals surface area contributed by atoms with Crippen LogP contribution >= 0.6 is 23.4 Å². The molecule has 0 saturated carbocycles. The van der Waals surface area contributed by atoms with Gasteiger partial charge in [0, 0.05) is 18.0 Å². The molecular formula is C26H24ClN3O2S. The summed E-state index contributed by atoms with van der Waals surface area (Å²) in [6, 6.07) is 26.9. The quantitative estimate of drug-likeness (QED) is 0.483. The van der Waals surface area contributed by atoms with Crippen molar-refractivity contribution < 1.29 is 9.59 Å². The number of thioether (sulfide) groups is 1. The summed E-state index contributed by atoms with van der Waals surface area (Å²) in [7, 11) is 0. The maximum Gasteiger partial charge on any atom is 0.242 e. The van der Waals surface area contributed by atoms with Crippen LogP contribution in [0.3, 0.4) is 0 Å². The molecule has 4 rings (SSSR count). The summed E-state index contributed by atoms with van der Waals surface area (Å²) in [6.45, 7) is 0.911. The van der Waals surface area contributed by atoms with Gasteiger partial charge in [-0.3, -0.25) is 14.5 Å². The molecule has 1 N–H and O–H groups in total. The van der Waals surface area contributed by atoms with Crippen molar-refractivity contribution in [2.24, 2.45) is 4.99 Å². The third-order valence-corrected chi connectivity index (χ3v) is 6.63. The minimum Gasteiger partial charge on any atom is -0.356 e. The molecule has 3 aromatic rings. The number of para-hydroxylation sites is 1. The second kappa shape index (κ2) is 11.2. The third kappa shape index (κ3) is 6.46. The maximum absolute atomic E-state index is 13.2. The average molecular weight is 478 g/mol. The Labute approximate surface area is 202 Å². The lowest BCUT2D eigenvalue weighted by Crippen LogP contribution is -2.34. The number of nitrogens with one attached hydrogen (secondary N) is 1. The number of hydrogen-bond donors (Lipinski definition) is 1. The zero-order valence-electron chi connectivity index (χ0n) is 18.0. The Bertz CT molecular complexity index is 1120. The van der Waals surface area contributed by atoms with Crippen molar-refractivity contribution in [3.63, 3.8) is 0 Å². The number of amidine groups is 1. The molecule has 2 amide bonds. The van der Waals surface area contributed by atoms with Crippen LogP contribution in [0.1, 0.15) is 17.5 Å². The van der Waals surface area contributed by atoms with E-state index < -0.39 is 5.25 Å². The molecule has 1 saturated heterocycles. The molecule has 0 spiro atoms. The number of rotatable bonds is 8. The van der Waals surface area contributed by atoms with Gasteiger partial charge in [0.2, 0.25) is 11.8 Å². The van der Waals surface area contributed by atoms with E-state index in [1.165, 1.54) is 11.8 Å². The van der Waals surface area contributed by atoms with Crippen LogP contribution in [0.5, 0.6) is 0 Å². The van der Waals surface area contributed by atoms with Crippen molar-refractivity contribution in [1.29, 1.82) is 0 Å². The van der Waals surface area contributed by atoms with E-state index in [2.05, 4.69) is 10.3 Å². The fraction of sp³-hybridized carbons (Fsp3) is 0.192. The lowest BCUT2D eigenvalue weighted by Gasteiger charge is -2.16. The van der Waals surface area contributed by atoms with Gasteiger partial charge in [0.15, 0.2) is 5.17 Å². The van der Waals surface area contributed by atoms with E-state index in [0.29, 0.717) is 23.3 Å². The minimum absolute atomic E-state index is 0.108. The summed E-state index contributed by atoms with van der Waals surface area (Å²) in [5, 5.41) is 3.68. The van der Waals surface area contributed by atoms with Crippen molar-refractivity contribution in [3.05, 3.63) is 101 Å². The molecule has 1 aliphatic heterocycles. The number of hydrogen-bond acceptors (Lipinski definition) is 4. The second-order valence-corrected chi connectivity index (χ2v) is 9.28. The Kier molecular flexibility index (Phi) is 7.81. The van der Waals surface area contributed by atoms with Crippen LogP contribution in [0.2, 0.25) is 5.02 Å². The second-order valence-electron chi connectivity index (χ2n) is 7.68. The Balaban J connectivity index is 1.43. The largest absolute Gasteiger partial charge is 0.356 e. The van der Waals surface area contributed by atoms with Crippen molar-refractivity contribution >= 4 is 46.0 Å². The number of carbonyl (C=O) groups is 2. The zero-order valence-corrected chi connectivity index (χ0v) is 19.6. The first-order chi connectivity index (χ1) is 16.1. The molecule has 3 aromatic carbocycles. The molecule has 0 bridgehead atoms. The van der Waals surface area contributed by atoms with Crippen LogP contribution in [0.4, 0.5) is 5.69 Å². The van der Waals surface area contributed by atoms with Crippen LogP contribution in [-0.2, 0) is 22.6 Å². The highest BCUT2D eigenvalue weighted by molar-refractivity contribution is 8.15. The highest BCUT2D eigenvalue weighted by Gasteiger charge is 2.39. The van der Waals surface area contributed by atoms with Crippen LogP contribution in [0.25, 0.3) is 0 Å². The molecule has 0 unspecified atom stereocenters. The normalized spacial score (nSPS) is 16.9. The summed E-state index contributed by atoms with van der Waals surface area (Å²) < 4.78 is 0. The van der Waals surface area contributed by atoms with Gasteiger partial charge in [0.05, 0.1) is 12.2 Å². The van der Waals surface area contributed by atoms with E-state index >= 15 is 0 Å². The summed E-state index contributed by atoms with van der Waals surface area (Å²) in [4.78, 5) is 32.1. The number of amides is 2. The molecule has 0 radical (unpaired) electrons. The highest BCUT2D eigenvalue weighted by Crippen LogP contribution is 2.33. The Morgan fingerprint density at radius 3 is 2.30 bits per heavy atom. The van der Waals surface area contributed by atoms with Crippen molar-refractivity contribution in [1.82, 2.24) is 10.2 Å². The Morgan fingerprint density at radius 1 is 0.939 bits per heavy atom. The van der Waals surface area contributed by atoms with Gasteiger partial charge in [-0.2, -0.15) is 0 Å². The number of benzene rings is 3. The van der Waals surface area contributed by atoms with E-state index in [9.17, 15) is 9.59 Å². The lowest BCUT2D eigenvalue weighted by atomic mass is 10.1. The predicted molar refractivity (Wildman–Crippen MR) is 135 cm³/mol. The maximum atomic E-state index is 13.2. The third-order valence-electron chi connectivity index (χ3n) is 5.20. The molecule has 1 atom stereocenters. The van der Waals surface area contributed by atoms with Crippen molar-refractivity contribution in [3.8, 4) is 0 Å². The summed E-state index contributed by atoms with van der Waals surface area (Å²) in [5.41, 5.74) is 2.87. The molecule has 1 heterocycles. The smallest absolute Gasteiger partial charge is 0.242 e. The summed E-state index contributed by atoms with van der Waals surface area (Å²) >= 11 is 7.34. The van der Waals surface area contributed by atoms with Crippen LogP contribution in [-0.4, -0.2) is 33.7 Å². The van der Waals surface area contributed by atoms with Crippen molar-refractivity contribution in [2.45, 2.75) is 24.6 Å². The number of nitrogens with zero attached hydrogens (tertiary/aromatic N) is 2. The molecule has 1 aliphatic rings. The van der Waals surface area contributed by atoms with Gasteiger partial charge in [0.1, 0.15) is 5.25 Å². The first-order valence-electron chi connectivity index (χ1n) is 10.8. The van der Waals surface area contributed by atoms with Crippen LogP contribution < -0.4 is 5.32 Å². The monoisotopic (exact) mass is 477 g/mol. The van der Waals surface area contributed by atoms with Crippen LogP contribution in [0, 0.1) is 0 Å². The molecule has 33 heavy (non-hydrogen) atoms. The van der Waals surface area contributed by atoms with Gasteiger partial charge in [-0.1, -0.05) is 84.0 Å². The Hall–Kier alpha value is -3.09. The van der Waals surface area contributed by atoms with Gasteiger partial charge in [-0.05, 0) is 41.8 Å². The standard InChI is InChI=1S/C26H24ClN3O2S/c27-21-13-11-20(12-14-21)18-30-25(32)23(33-26(30)29-22-9-5-2-6-10-22)17-24(31)28-16-15-19-7-3-1-4-8-19/h1-14,23H,15-18H2,(H,28,31)/t23-/m0/s1. The summed E-state index contributed by atoms with van der Waals surface area (Å²) in [5.74, 6) is -0.243. The fourth-order valence-corrected chi connectivity index (χ4v) is 4.77. The first kappa shape index (κ1) is 23.1. The SMILES string of the molecule is O=C(C[C@@H]1SC(=Nc2ccccc2)N(Cc2ccc(Cl)cc2)C1=O)NCCc1ccccc1. The van der Waals surface area contributed by atoms with Gasteiger partial charge in [0.25, 0.3) is 0 Å². The lowest BCUT2D eigenvalue weighted by molar-refractivity contribution is -0.129. The first-order valence-corrected chi connectivity index (χ1v) is 12.0. The topological polar surface area (TPSA) is 61.8 Å². The average Bonchev–Trinajstić information content (AvgIpc) is 3.10. The van der Waals surface area contributed by atoms with E-state index in [-0.39, 0.29) is 18.2 Å². The van der Waals surface area contributed by atoms with E-state index in [1.54, 1.807) is 17.0 Å². The zero-order chi connectivity index (χ0) is 23.0. The van der Waals surface area contributed by atoms with Gasteiger partial charge < -0.3 is 5.32 Å². The van der Waals surface area contributed by atoms with Gasteiger partial charge in [-0.15, -0.1) is 0 Å². The molecular weight excluding hydrogens is 454 g/mol. The number of aliphatic imine (C=N–C) groups is 1. The fourth-order valence-electron chi connectivity index (χ4n) is 3.49. The van der Waals surface area contributed by atoms with E-state index in [4.69, 9.17) is 11.6 Å². The van der Waals surface area contributed by atoms with E-state index in [0.717, 1.165) is 23.2 Å².